The van der Waals surface area contributed by atoms with Crippen molar-refractivity contribution >= 4 is 23.6 Å². The van der Waals surface area contributed by atoms with Crippen molar-refractivity contribution in [1.82, 2.24) is 5.32 Å². The quantitative estimate of drug-likeness (QED) is 0.317. The van der Waals surface area contributed by atoms with Crippen molar-refractivity contribution < 1.29 is 33.9 Å². The van der Waals surface area contributed by atoms with Crippen LogP contribution in [0.5, 0.6) is 0 Å². The number of ether oxygens (including phenoxy) is 2. The van der Waals surface area contributed by atoms with E-state index < -0.39 is 34.4 Å². The molecule has 0 aromatic heterocycles. The molecule has 2 unspecified atom stereocenters. The number of carbonyl (C=O) groups is 3. The number of aliphatic carboxylic acids is 1. The molecule has 36 heavy (non-hydrogen) atoms. The third kappa shape index (κ3) is 4.70. The standard InChI is InChI=1S/C26H26N2O8/c1-5-26(25(32)35-4,18-11-7-6-8-12-18)36-24(31)21-16(3)27-15(2)20(23(29)30)22(21)17-10-9-13-19(14-17)28(33)34/h6-14,22,27H,5H2,1-4H3,(H,29,30). The molecular weight excluding hydrogens is 468 g/mol. The Morgan fingerprint density at radius 3 is 2.25 bits per heavy atom. The van der Waals surface area contributed by atoms with Crippen LogP contribution in [-0.2, 0) is 29.5 Å². The maximum Gasteiger partial charge on any atom is 0.355 e. The minimum Gasteiger partial charge on any atom is -0.478 e. The summed E-state index contributed by atoms with van der Waals surface area (Å²) in [6.45, 7) is 4.76. The molecule has 10 heteroatoms. The maximum atomic E-state index is 13.8. The summed E-state index contributed by atoms with van der Waals surface area (Å²) in [6.07, 6.45) is 0.0390. The first-order chi connectivity index (χ1) is 17.1. The van der Waals surface area contributed by atoms with Gasteiger partial charge in [-0.05, 0) is 25.8 Å². The molecule has 0 amide bonds. The van der Waals surface area contributed by atoms with E-state index in [1.807, 2.05) is 0 Å². The number of carboxylic acid groups (broad SMARTS) is 1. The van der Waals surface area contributed by atoms with Crippen molar-refractivity contribution in [2.45, 2.75) is 38.7 Å². The lowest BCUT2D eigenvalue weighted by Gasteiger charge is -2.34. The third-order valence-electron chi connectivity index (χ3n) is 6.15. The molecule has 0 saturated carbocycles. The van der Waals surface area contributed by atoms with Crippen LogP contribution in [0.25, 0.3) is 0 Å². The number of carboxylic acids is 1. The fourth-order valence-corrected chi connectivity index (χ4v) is 4.42. The number of non-ortho nitro benzene ring substituents is 1. The van der Waals surface area contributed by atoms with E-state index in [4.69, 9.17) is 9.47 Å². The first-order valence-corrected chi connectivity index (χ1v) is 11.1. The molecule has 2 aromatic rings. The van der Waals surface area contributed by atoms with Gasteiger partial charge in [0.15, 0.2) is 0 Å². The highest BCUT2D eigenvalue weighted by Crippen LogP contribution is 2.41. The number of methoxy groups -OCH3 is 1. The lowest BCUT2D eigenvalue weighted by Crippen LogP contribution is -2.43. The number of nitrogens with zero attached hydrogens (tertiary/aromatic N) is 1. The number of nitrogens with one attached hydrogen (secondary N) is 1. The first-order valence-electron chi connectivity index (χ1n) is 11.1. The van der Waals surface area contributed by atoms with E-state index in [-0.39, 0.29) is 34.5 Å². The summed E-state index contributed by atoms with van der Waals surface area (Å²) in [4.78, 5) is 49.8. The fourth-order valence-electron chi connectivity index (χ4n) is 4.42. The van der Waals surface area contributed by atoms with E-state index in [0.29, 0.717) is 11.3 Å². The summed E-state index contributed by atoms with van der Waals surface area (Å²) in [7, 11) is 1.18. The highest BCUT2D eigenvalue weighted by molar-refractivity contribution is 6.00. The SMILES string of the molecule is CCC(OC(=O)C1=C(C)NC(C)=C(C(=O)O)C1c1cccc([N+](=O)[O-])c1)(C(=O)OC)c1ccccc1. The van der Waals surface area contributed by atoms with Gasteiger partial charge < -0.3 is 19.9 Å². The zero-order chi connectivity index (χ0) is 26.6. The van der Waals surface area contributed by atoms with E-state index >= 15 is 0 Å². The van der Waals surface area contributed by atoms with Crippen LogP contribution in [0, 0.1) is 10.1 Å². The van der Waals surface area contributed by atoms with Gasteiger partial charge in [-0.1, -0.05) is 49.4 Å². The second-order valence-electron chi connectivity index (χ2n) is 8.22. The van der Waals surface area contributed by atoms with Crippen LogP contribution >= 0.6 is 0 Å². The van der Waals surface area contributed by atoms with Crippen molar-refractivity contribution in [3.8, 4) is 0 Å². The van der Waals surface area contributed by atoms with Crippen molar-refractivity contribution in [2.75, 3.05) is 7.11 Å². The van der Waals surface area contributed by atoms with Crippen LogP contribution < -0.4 is 5.32 Å². The highest BCUT2D eigenvalue weighted by atomic mass is 16.6. The van der Waals surface area contributed by atoms with Crippen LogP contribution in [0.4, 0.5) is 5.69 Å². The van der Waals surface area contributed by atoms with Gasteiger partial charge in [0.05, 0.1) is 29.1 Å². The van der Waals surface area contributed by atoms with Gasteiger partial charge in [-0.2, -0.15) is 0 Å². The molecule has 10 nitrogen and oxygen atoms in total. The Hall–Kier alpha value is -4.47. The van der Waals surface area contributed by atoms with Crippen molar-refractivity contribution in [3.63, 3.8) is 0 Å². The second-order valence-corrected chi connectivity index (χ2v) is 8.22. The van der Waals surface area contributed by atoms with E-state index in [1.165, 1.54) is 38.3 Å². The number of carbonyl (C=O) groups excluding carboxylic acids is 2. The number of dihydropyridines is 1. The Kier molecular flexibility index (Phi) is 7.57. The molecular formula is C26H26N2O8. The van der Waals surface area contributed by atoms with Crippen molar-refractivity contribution in [3.05, 3.63) is 98.4 Å². The van der Waals surface area contributed by atoms with Gasteiger partial charge in [-0.3, -0.25) is 10.1 Å². The van der Waals surface area contributed by atoms with Crippen LogP contribution in [-0.4, -0.2) is 35.0 Å². The lowest BCUT2D eigenvalue weighted by atomic mass is 9.80. The van der Waals surface area contributed by atoms with Gasteiger partial charge in [-0.15, -0.1) is 0 Å². The molecule has 1 heterocycles. The number of nitro benzene ring substituents is 1. The molecule has 0 saturated heterocycles. The largest absolute Gasteiger partial charge is 0.478 e. The predicted molar refractivity (Wildman–Crippen MR) is 129 cm³/mol. The molecule has 0 fully saturated rings. The van der Waals surface area contributed by atoms with E-state index in [2.05, 4.69) is 5.32 Å². The molecule has 0 radical (unpaired) electrons. The average Bonchev–Trinajstić information content (AvgIpc) is 2.86. The minimum atomic E-state index is -1.80. The van der Waals surface area contributed by atoms with Crippen LogP contribution in [0.15, 0.2) is 77.1 Å². The van der Waals surface area contributed by atoms with Gasteiger partial charge in [0.1, 0.15) is 0 Å². The Labute approximate surface area is 207 Å². The Morgan fingerprint density at radius 2 is 1.69 bits per heavy atom. The summed E-state index contributed by atoms with van der Waals surface area (Å²) in [5.41, 5.74) is -1.16. The van der Waals surface area contributed by atoms with Gasteiger partial charge >= 0.3 is 17.9 Å². The fraction of sp³-hybridized carbons (Fsp3) is 0.269. The number of rotatable bonds is 8. The van der Waals surface area contributed by atoms with Crippen LogP contribution in [0.1, 0.15) is 44.2 Å². The summed E-state index contributed by atoms with van der Waals surface area (Å²) in [6, 6.07) is 13.8. The van der Waals surface area contributed by atoms with E-state index in [0.717, 1.165) is 0 Å². The third-order valence-corrected chi connectivity index (χ3v) is 6.15. The van der Waals surface area contributed by atoms with Crippen LogP contribution in [0.3, 0.4) is 0 Å². The summed E-state index contributed by atoms with van der Waals surface area (Å²) < 4.78 is 10.8. The van der Waals surface area contributed by atoms with Gasteiger partial charge in [0.2, 0.25) is 5.60 Å². The molecule has 0 spiro atoms. The zero-order valence-electron chi connectivity index (χ0n) is 20.2. The molecule has 1 aliphatic heterocycles. The summed E-state index contributed by atoms with van der Waals surface area (Å²) in [5.74, 6) is -4.27. The Morgan fingerprint density at radius 1 is 1.06 bits per heavy atom. The topological polar surface area (TPSA) is 145 Å². The molecule has 0 aliphatic carbocycles. The summed E-state index contributed by atoms with van der Waals surface area (Å²) >= 11 is 0. The summed E-state index contributed by atoms with van der Waals surface area (Å²) in [5, 5.41) is 24.3. The molecule has 2 atom stereocenters. The number of hydrogen-bond acceptors (Lipinski definition) is 8. The lowest BCUT2D eigenvalue weighted by molar-refractivity contribution is -0.384. The average molecular weight is 495 g/mol. The number of allylic oxidation sites excluding steroid dienone is 2. The number of hydrogen-bond donors (Lipinski definition) is 2. The molecule has 188 valence electrons. The molecule has 1 aliphatic rings. The predicted octanol–water partition coefficient (Wildman–Crippen LogP) is 3.94. The minimum absolute atomic E-state index is 0.0390. The van der Waals surface area contributed by atoms with Gasteiger partial charge in [0, 0.05) is 29.1 Å². The monoisotopic (exact) mass is 494 g/mol. The van der Waals surface area contributed by atoms with E-state index in [1.54, 1.807) is 44.2 Å². The molecule has 3 rings (SSSR count). The Balaban J connectivity index is 2.19. The van der Waals surface area contributed by atoms with Crippen LogP contribution in [0.2, 0.25) is 0 Å². The molecule has 2 N–H and O–H groups in total. The van der Waals surface area contributed by atoms with Gasteiger partial charge in [0.25, 0.3) is 5.69 Å². The maximum absolute atomic E-state index is 13.8. The van der Waals surface area contributed by atoms with E-state index in [9.17, 15) is 29.6 Å². The first kappa shape index (κ1) is 26.1. The Bertz CT molecular complexity index is 1280. The smallest absolute Gasteiger partial charge is 0.355 e. The van der Waals surface area contributed by atoms with Crippen molar-refractivity contribution in [1.29, 1.82) is 0 Å². The second kappa shape index (κ2) is 10.4. The zero-order valence-corrected chi connectivity index (χ0v) is 20.2. The number of benzene rings is 2. The van der Waals surface area contributed by atoms with Gasteiger partial charge in [-0.25, -0.2) is 14.4 Å². The highest BCUT2D eigenvalue weighted by Gasteiger charge is 2.47. The number of nitro groups is 1. The molecule has 2 aromatic carbocycles. The number of esters is 2. The molecule has 0 bridgehead atoms. The normalized spacial score (nSPS) is 17.1. The van der Waals surface area contributed by atoms with Crippen molar-refractivity contribution in [2.24, 2.45) is 0 Å².